The van der Waals surface area contributed by atoms with E-state index >= 15 is 0 Å². The number of rotatable bonds is 6. The lowest BCUT2D eigenvalue weighted by Gasteiger charge is -2.17. The van der Waals surface area contributed by atoms with Gasteiger partial charge in [-0.25, -0.2) is 4.98 Å². The molecule has 4 heteroatoms. The molecule has 0 fully saturated rings. The van der Waals surface area contributed by atoms with E-state index in [0.29, 0.717) is 12.3 Å². The Morgan fingerprint density at radius 1 is 1.27 bits per heavy atom. The predicted octanol–water partition coefficient (Wildman–Crippen LogP) is 4.17. The molecule has 118 valence electrons. The van der Waals surface area contributed by atoms with E-state index in [-0.39, 0.29) is 5.91 Å². The molecule has 0 unspecified atom stereocenters. The maximum Gasteiger partial charge on any atom is 0.228 e. The number of carbonyl (C=O) groups excluding carboxylic acids is 1. The number of aryl methyl sites for hydroxylation is 1. The van der Waals surface area contributed by atoms with E-state index in [1.165, 1.54) is 5.56 Å². The average Bonchev–Trinajstić information content (AvgIpc) is 2.93. The minimum atomic E-state index is 0.140. The molecule has 0 saturated heterocycles. The largest absolute Gasteiger partial charge is 0.345 e. The zero-order valence-electron chi connectivity index (χ0n) is 13.8. The van der Waals surface area contributed by atoms with E-state index in [1.54, 1.807) is 11.3 Å². The van der Waals surface area contributed by atoms with Crippen molar-refractivity contribution >= 4 is 17.2 Å². The van der Waals surface area contributed by atoms with Crippen molar-refractivity contribution in [2.75, 3.05) is 13.6 Å². The van der Waals surface area contributed by atoms with Crippen LogP contribution in [-0.4, -0.2) is 29.4 Å². The maximum absolute atomic E-state index is 12.2. The summed E-state index contributed by atoms with van der Waals surface area (Å²) in [6, 6.07) is 8.32. The summed E-state index contributed by atoms with van der Waals surface area (Å²) < 4.78 is 0. The van der Waals surface area contributed by atoms with Crippen molar-refractivity contribution in [3.8, 4) is 10.6 Å². The van der Waals surface area contributed by atoms with Crippen molar-refractivity contribution < 1.29 is 4.79 Å². The third-order valence-corrected chi connectivity index (χ3v) is 4.59. The SMILES string of the molecule is Cc1ccc(-c2nc(CC(=O)N(C)CCC(C)C)cs2)cc1. The third kappa shape index (κ3) is 4.67. The summed E-state index contributed by atoms with van der Waals surface area (Å²) in [6.07, 6.45) is 1.42. The normalized spacial score (nSPS) is 11.0. The lowest BCUT2D eigenvalue weighted by molar-refractivity contribution is -0.129. The van der Waals surface area contributed by atoms with Crippen molar-refractivity contribution in [1.29, 1.82) is 0 Å². The highest BCUT2D eigenvalue weighted by Gasteiger charge is 2.13. The van der Waals surface area contributed by atoms with Crippen LogP contribution in [0.5, 0.6) is 0 Å². The van der Waals surface area contributed by atoms with E-state index in [0.717, 1.165) is 29.2 Å². The molecule has 1 aromatic heterocycles. The molecule has 0 atom stereocenters. The Morgan fingerprint density at radius 3 is 2.59 bits per heavy atom. The Balaban J connectivity index is 1.97. The second-order valence-electron chi connectivity index (χ2n) is 6.18. The van der Waals surface area contributed by atoms with Crippen LogP contribution in [0.3, 0.4) is 0 Å². The maximum atomic E-state index is 12.2. The summed E-state index contributed by atoms with van der Waals surface area (Å²) in [5.41, 5.74) is 3.21. The van der Waals surface area contributed by atoms with Gasteiger partial charge in [0.2, 0.25) is 5.91 Å². The first-order valence-corrected chi connectivity index (χ1v) is 8.59. The topological polar surface area (TPSA) is 33.2 Å². The molecule has 0 saturated carbocycles. The van der Waals surface area contributed by atoms with Crippen molar-refractivity contribution in [2.45, 2.75) is 33.6 Å². The first kappa shape index (κ1) is 16.7. The summed E-state index contributed by atoms with van der Waals surface area (Å²) in [6.45, 7) is 7.23. The van der Waals surface area contributed by atoms with Gasteiger partial charge in [-0.15, -0.1) is 11.3 Å². The number of nitrogens with zero attached hydrogens (tertiary/aromatic N) is 2. The van der Waals surface area contributed by atoms with Gasteiger partial charge in [-0.05, 0) is 19.3 Å². The molecule has 2 aromatic rings. The zero-order valence-corrected chi connectivity index (χ0v) is 14.6. The van der Waals surface area contributed by atoms with Crippen LogP contribution in [0.4, 0.5) is 0 Å². The summed E-state index contributed by atoms with van der Waals surface area (Å²) >= 11 is 1.60. The standard InChI is InChI=1S/C18H24N2OS/c1-13(2)9-10-20(4)17(21)11-16-12-22-18(19-16)15-7-5-14(3)6-8-15/h5-8,12-13H,9-11H2,1-4H3. The van der Waals surface area contributed by atoms with Crippen molar-refractivity contribution in [1.82, 2.24) is 9.88 Å². The number of hydrogen-bond donors (Lipinski definition) is 0. The lowest BCUT2D eigenvalue weighted by atomic mass is 10.1. The number of thiazole rings is 1. The van der Waals surface area contributed by atoms with E-state index in [4.69, 9.17) is 0 Å². The van der Waals surface area contributed by atoms with Gasteiger partial charge >= 0.3 is 0 Å². The fraction of sp³-hybridized carbons (Fsp3) is 0.444. The number of hydrogen-bond acceptors (Lipinski definition) is 3. The third-order valence-electron chi connectivity index (χ3n) is 3.65. The highest BCUT2D eigenvalue weighted by atomic mass is 32.1. The summed E-state index contributed by atoms with van der Waals surface area (Å²) in [5, 5.41) is 2.97. The zero-order chi connectivity index (χ0) is 16.1. The minimum absolute atomic E-state index is 0.140. The average molecular weight is 316 g/mol. The fourth-order valence-electron chi connectivity index (χ4n) is 2.08. The molecule has 1 heterocycles. The van der Waals surface area contributed by atoms with Crippen LogP contribution in [0.2, 0.25) is 0 Å². The Labute approximate surface area is 137 Å². The molecule has 0 spiro atoms. The van der Waals surface area contributed by atoms with Gasteiger partial charge in [-0.3, -0.25) is 4.79 Å². The number of benzene rings is 1. The van der Waals surface area contributed by atoms with Gasteiger partial charge in [0, 0.05) is 24.5 Å². The molecule has 1 amide bonds. The molecule has 0 bridgehead atoms. The van der Waals surface area contributed by atoms with Crippen molar-refractivity contribution in [2.24, 2.45) is 5.92 Å². The van der Waals surface area contributed by atoms with Crippen LogP contribution in [0, 0.1) is 12.8 Å². The molecule has 3 nitrogen and oxygen atoms in total. The smallest absolute Gasteiger partial charge is 0.228 e. The number of aromatic nitrogens is 1. The summed E-state index contributed by atoms with van der Waals surface area (Å²) in [7, 11) is 1.87. The molecule has 0 aliphatic carbocycles. The second-order valence-corrected chi connectivity index (χ2v) is 7.04. The molecule has 1 aromatic carbocycles. The number of carbonyl (C=O) groups is 1. The monoisotopic (exact) mass is 316 g/mol. The van der Waals surface area contributed by atoms with Gasteiger partial charge in [0.25, 0.3) is 0 Å². The molecular weight excluding hydrogens is 292 g/mol. The van der Waals surface area contributed by atoms with Crippen LogP contribution < -0.4 is 0 Å². The van der Waals surface area contributed by atoms with Crippen LogP contribution in [-0.2, 0) is 11.2 Å². The molecule has 0 N–H and O–H groups in total. The Hall–Kier alpha value is -1.68. The van der Waals surface area contributed by atoms with Crippen molar-refractivity contribution in [3.63, 3.8) is 0 Å². The van der Waals surface area contributed by atoms with E-state index < -0.39 is 0 Å². The van der Waals surface area contributed by atoms with E-state index in [9.17, 15) is 4.79 Å². The van der Waals surface area contributed by atoms with Crippen LogP contribution in [0.1, 0.15) is 31.5 Å². The van der Waals surface area contributed by atoms with Gasteiger partial charge in [0.15, 0.2) is 0 Å². The van der Waals surface area contributed by atoms with E-state index in [2.05, 4.69) is 50.0 Å². The number of amides is 1. The van der Waals surface area contributed by atoms with Crippen molar-refractivity contribution in [3.05, 3.63) is 40.9 Å². The summed E-state index contributed by atoms with van der Waals surface area (Å²) in [4.78, 5) is 18.6. The Kier molecular flexibility index (Phi) is 5.72. The first-order chi connectivity index (χ1) is 10.5. The van der Waals surface area contributed by atoms with Crippen LogP contribution in [0.25, 0.3) is 10.6 Å². The number of likely N-dealkylation sites (N-methyl/N-ethyl adjacent to an activating group) is 1. The summed E-state index contributed by atoms with van der Waals surface area (Å²) in [5.74, 6) is 0.754. The highest BCUT2D eigenvalue weighted by Crippen LogP contribution is 2.24. The molecule has 0 aliphatic heterocycles. The van der Waals surface area contributed by atoms with Gasteiger partial charge in [0.1, 0.15) is 5.01 Å². The second kappa shape index (κ2) is 7.54. The fourth-order valence-corrected chi connectivity index (χ4v) is 2.91. The molecule has 0 radical (unpaired) electrons. The predicted molar refractivity (Wildman–Crippen MR) is 93.1 cm³/mol. The first-order valence-electron chi connectivity index (χ1n) is 7.71. The molecule has 22 heavy (non-hydrogen) atoms. The Morgan fingerprint density at radius 2 is 1.95 bits per heavy atom. The van der Waals surface area contributed by atoms with Crippen LogP contribution >= 0.6 is 11.3 Å². The quantitative estimate of drug-likeness (QED) is 0.801. The molecule has 0 aliphatic rings. The molecular formula is C18H24N2OS. The van der Waals surface area contributed by atoms with Gasteiger partial charge in [-0.2, -0.15) is 0 Å². The molecule has 2 rings (SSSR count). The Bertz CT molecular complexity index is 616. The lowest BCUT2D eigenvalue weighted by Crippen LogP contribution is -2.29. The van der Waals surface area contributed by atoms with Gasteiger partial charge < -0.3 is 4.90 Å². The van der Waals surface area contributed by atoms with Gasteiger partial charge in [0.05, 0.1) is 12.1 Å². The van der Waals surface area contributed by atoms with Gasteiger partial charge in [-0.1, -0.05) is 43.7 Å². The van der Waals surface area contributed by atoms with E-state index in [1.807, 2.05) is 17.3 Å². The highest BCUT2D eigenvalue weighted by molar-refractivity contribution is 7.13. The van der Waals surface area contributed by atoms with Crippen LogP contribution in [0.15, 0.2) is 29.6 Å². The minimum Gasteiger partial charge on any atom is -0.345 e.